The molecule has 9 nitrogen and oxygen atoms in total. The summed E-state index contributed by atoms with van der Waals surface area (Å²) in [5.74, 6) is -0.997. The Morgan fingerprint density at radius 1 is 1.11 bits per heavy atom. The molecule has 2 aliphatic rings. The molecule has 2 aromatic rings. The van der Waals surface area contributed by atoms with E-state index >= 15 is 0 Å². The molecule has 0 radical (unpaired) electrons. The summed E-state index contributed by atoms with van der Waals surface area (Å²) in [4.78, 5) is 33.9. The lowest BCUT2D eigenvalue weighted by Gasteiger charge is -2.38. The third-order valence-corrected chi connectivity index (χ3v) is 10.3. The molecule has 4 rings (SSSR count). The smallest absolute Gasteiger partial charge is 0.224 e. The Balaban J connectivity index is 1.35. The zero-order valence-corrected chi connectivity index (χ0v) is 22.9. The molecule has 2 fully saturated rings. The van der Waals surface area contributed by atoms with Crippen LogP contribution in [0.3, 0.4) is 0 Å². The number of amides is 1. The molecule has 1 aromatic heterocycles. The third kappa shape index (κ3) is 7.12. The van der Waals surface area contributed by atoms with Crippen molar-refractivity contribution in [1.29, 1.82) is 5.26 Å². The van der Waals surface area contributed by atoms with Gasteiger partial charge in [-0.1, -0.05) is 24.6 Å². The van der Waals surface area contributed by atoms with Crippen molar-refractivity contribution in [3.8, 4) is 6.07 Å². The van der Waals surface area contributed by atoms with Gasteiger partial charge < -0.3 is 15.0 Å². The van der Waals surface area contributed by atoms with Crippen LogP contribution in [0.4, 0.5) is 5.69 Å². The Morgan fingerprint density at radius 3 is 2.45 bits per heavy atom. The van der Waals surface area contributed by atoms with Crippen LogP contribution in [0.2, 0.25) is 0 Å². The number of nitrogens with one attached hydrogen (secondary N) is 1. The fourth-order valence-corrected chi connectivity index (χ4v) is 7.92. The second kappa shape index (κ2) is 13.2. The van der Waals surface area contributed by atoms with Gasteiger partial charge in [-0.2, -0.15) is 5.26 Å². The lowest BCUT2D eigenvalue weighted by Crippen LogP contribution is -2.50. The van der Waals surface area contributed by atoms with E-state index in [1.54, 1.807) is 36.7 Å². The highest BCUT2D eigenvalue weighted by Crippen LogP contribution is 2.33. The Hall–Kier alpha value is -2.94. The fraction of sp³-hybridized carbons (Fsp3) is 0.481. The van der Waals surface area contributed by atoms with Gasteiger partial charge >= 0.3 is 0 Å². The normalized spacial score (nSPS) is 21.3. The highest BCUT2D eigenvalue weighted by Gasteiger charge is 2.34. The van der Waals surface area contributed by atoms with E-state index in [4.69, 9.17) is 5.26 Å². The minimum Gasteiger partial charge on any atom is -0.369 e. The van der Waals surface area contributed by atoms with Crippen molar-refractivity contribution in [3.05, 3.63) is 48.8 Å². The van der Waals surface area contributed by atoms with Crippen LogP contribution >= 0.6 is 11.8 Å². The second-order valence-electron chi connectivity index (χ2n) is 9.65. The molecule has 1 amide bonds. The number of nitrogens with zero attached hydrogens (tertiary/aromatic N) is 4. The summed E-state index contributed by atoms with van der Waals surface area (Å²) in [5.41, 5.74) is 1.12. The lowest BCUT2D eigenvalue weighted by atomic mass is 9.80. The highest BCUT2D eigenvalue weighted by atomic mass is 32.2. The molecule has 3 unspecified atom stereocenters. The van der Waals surface area contributed by atoms with Gasteiger partial charge in [0.2, 0.25) is 5.91 Å². The molecule has 0 spiro atoms. The molecule has 2 heterocycles. The quantitative estimate of drug-likeness (QED) is 0.268. The van der Waals surface area contributed by atoms with Gasteiger partial charge in [0.15, 0.2) is 9.84 Å². The number of carbonyl (C=O) groups is 2. The van der Waals surface area contributed by atoms with Crippen LogP contribution in [-0.2, 0) is 19.4 Å². The van der Waals surface area contributed by atoms with Gasteiger partial charge in [0.1, 0.15) is 18.2 Å². The Kier molecular flexibility index (Phi) is 9.77. The predicted molar refractivity (Wildman–Crippen MR) is 146 cm³/mol. The molecular weight excluding hydrogens is 522 g/mol. The predicted octanol–water partition coefficient (Wildman–Crippen LogP) is 2.74. The number of anilines is 1. The third-order valence-electron chi connectivity index (χ3n) is 7.28. The number of aromatic nitrogens is 1. The van der Waals surface area contributed by atoms with Crippen LogP contribution in [0.15, 0.2) is 58.6 Å². The van der Waals surface area contributed by atoms with E-state index in [1.165, 1.54) is 11.8 Å². The maximum absolute atomic E-state index is 13.2. The van der Waals surface area contributed by atoms with Crippen LogP contribution in [0.25, 0.3) is 0 Å². The molecule has 1 aliphatic carbocycles. The maximum atomic E-state index is 13.2. The summed E-state index contributed by atoms with van der Waals surface area (Å²) >= 11 is 1.41. The standard InChI is InChI=1S/C27H33N5O4S2/c28-11-14-30-27(34)25-4-2-1-3-21(25)20-38(35,36)24-7-5-23(6-8-24)37-26(19-33)32-17-15-31(16-18-32)22-9-12-29-13-10-22/h5-10,12-13,19,21,25-26H,1-4,14-18,20H2,(H,30,34). The zero-order valence-electron chi connectivity index (χ0n) is 21.2. The number of benzene rings is 1. The van der Waals surface area contributed by atoms with E-state index in [0.717, 1.165) is 55.9 Å². The van der Waals surface area contributed by atoms with Crippen molar-refractivity contribution in [2.24, 2.45) is 11.8 Å². The molecular formula is C27H33N5O4S2. The summed E-state index contributed by atoms with van der Waals surface area (Å²) in [6.07, 6.45) is 7.57. The number of rotatable bonds is 10. The second-order valence-corrected chi connectivity index (χ2v) is 12.9. The highest BCUT2D eigenvalue weighted by molar-refractivity contribution is 8.00. The van der Waals surface area contributed by atoms with Crippen molar-refractivity contribution in [2.75, 3.05) is 43.4 Å². The van der Waals surface area contributed by atoms with Gasteiger partial charge in [-0.3, -0.25) is 14.7 Å². The molecule has 1 aliphatic heterocycles. The summed E-state index contributed by atoms with van der Waals surface area (Å²) in [6.45, 7) is 3.03. The van der Waals surface area contributed by atoms with E-state index in [1.807, 2.05) is 18.2 Å². The summed E-state index contributed by atoms with van der Waals surface area (Å²) in [7, 11) is -3.59. The van der Waals surface area contributed by atoms with E-state index in [0.29, 0.717) is 12.8 Å². The van der Waals surface area contributed by atoms with Gasteiger partial charge in [-0.15, -0.1) is 0 Å². The van der Waals surface area contributed by atoms with E-state index in [2.05, 4.69) is 20.1 Å². The number of thioether (sulfide) groups is 1. The van der Waals surface area contributed by atoms with Crippen molar-refractivity contribution in [1.82, 2.24) is 15.2 Å². The molecule has 1 saturated heterocycles. The Bertz CT molecular complexity index is 1230. The number of piperazine rings is 1. The molecule has 1 aromatic carbocycles. The van der Waals surface area contributed by atoms with Gasteiger partial charge in [0.25, 0.3) is 0 Å². The molecule has 0 bridgehead atoms. The Morgan fingerprint density at radius 2 is 1.79 bits per heavy atom. The number of carbonyl (C=O) groups excluding carboxylic acids is 2. The number of hydrogen-bond acceptors (Lipinski definition) is 9. The minimum atomic E-state index is -3.59. The summed E-state index contributed by atoms with van der Waals surface area (Å²) in [5, 5.41) is 11.0. The zero-order chi connectivity index (χ0) is 27.0. The first-order chi connectivity index (χ1) is 18.4. The number of aldehydes is 1. The largest absolute Gasteiger partial charge is 0.369 e. The van der Waals surface area contributed by atoms with Crippen LogP contribution in [0.5, 0.6) is 0 Å². The lowest BCUT2D eigenvalue weighted by molar-refractivity contribution is -0.127. The van der Waals surface area contributed by atoms with Crippen molar-refractivity contribution in [3.63, 3.8) is 0 Å². The van der Waals surface area contributed by atoms with Gasteiger partial charge in [0, 0.05) is 55.1 Å². The molecule has 202 valence electrons. The Labute approximate surface area is 228 Å². The van der Waals surface area contributed by atoms with Crippen LogP contribution in [-0.4, -0.2) is 74.3 Å². The molecule has 1 saturated carbocycles. The van der Waals surface area contributed by atoms with E-state index < -0.39 is 15.8 Å². The van der Waals surface area contributed by atoms with Crippen molar-refractivity contribution >= 4 is 39.5 Å². The molecule has 38 heavy (non-hydrogen) atoms. The number of hydrogen-bond donors (Lipinski definition) is 1. The fourth-order valence-electron chi connectivity index (χ4n) is 5.23. The van der Waals surface area contributed by atoms with Gasteiger partial charge in [-0.25, -0.2) is 8.42 Å². The molecule has 3 atom stereocenters. The van der Waals surface area contributed by atoms with Crippen LogP contribution < -0.4 is 10.2 Å². The average Bonchev–Trinajstić information content (AvgIpc) is 2.95. The van der Waals surface area contributed by atoms with Crippen LogP contribution in [0, 0.1) is 23.2 Å². The summed E-state index contributed by atoms with van der Waals surface area (Å²) < 4.78 is 26.4. The SMILES string of the molecule is N#CCNC(=O)C1CCCCC1CS(=O)(=O)c1ccc(SC(C=O)N2CCN(c3ccncc3)CC2)cc1. The first kappa shape index (κ1) is 28.1. The first-order valence-electron chi connectivity index (χ1n) is 12.9. The molecule has 1 N–H and O–H groups in total. The monoisotopic (exact) mass is 555 g/mol. The number of nitriles is 1. The minimum absolute atomic E-state index is 0.0733. The van der Waals surface area contributed by atoms with Crippen LogP contribution in [0.1, 0.15) is 25.7 Å². The average molecular weight is 556 g/mol. The number of sulfone groups is 1. The molecule has 11 heteroatoms. The van der Waals surface area contributed by atoms with E-state index in [-0.39, 0.29) is 34.4 Å². The summed E-state index contributed by atoms with van der Waals surface area (Å²) in [6, 6.07) is 12.5. The van der Waals surface area contributed by atoms with E-state index in [9.17, 15) is 18.0 Å². The van der Waals surface area contributed by atoms with Gasteiger partial charge in [-0.05, 0) is 55.2 Å². The first-order valence-corrected chi connectivity index (χ1v) is 15.4. The maximum Gasteiger partial charge on any atom is 0.224 e. The van der Waals surface area contributed by atoms with Crippen molar-refractivity contribution in [2.45, 2.75) is 40.8 Å². The van der Waals surface area contributed by atoms with Gasteiger partial charge in [0.05, 0.1) is 16.7 Å². The number of pyridine rings is 1. The van der Waals surface area contributed by atoms with Crippen molar-refractivity contribution < 1.29 is 18.0 Å². The topological polar surface area (TPSA) is 123 Å².